The molecule has 1 N–H and O–H groups in total. The first-order valence-corrected chi connectivity index (χ1v) is 18.0. The Bertz CT molecular complexity index is 1430. The van der Waals surface area contributed by atoms with Crippen LogP contribution in [0.2, 0.25) is 0 Å². The summed E-state index contributed by atoms with van der Waals surface area (Å²) in [7, 11) is 0. The summed E-state index contributed by atoms with van der Waals surface area (Å²) in [6.07, 6.45) is 32.8. The molecular weight excluding hydrogens is 612 g/mol. The Balaban J connectivity index is 0.000000136. The van der Waals surface area contributed by atoms with E-state index in [2.05, 4.69) is 110 Å². The number of rotatable bonds is 5. The average Bonchev–Trinajstić information content (AvgIpc) is 3.87. The Morgan fingerprint density at radius 2 is 1.16 bits per heavy atom. The van der Waals surface area contributed by atoms with E-state index in [9.17, 15) is 0 Å². The van der Waals surface area contributed by atoms with Gasteiger partial charge in [-0.1, -0.05) is 71.8 Å². The van der Waals surface area contributed by atoms with Crippen molar-refractivity contribution in [3.8, 4) is 0 Å². The zero-order chi connectivity index (χ0) is 30.5. The Morgan fingerprint density at radius 3 is 1.61 bits per heavy atom. The van der Waals surface area contributed by atoms with E-state index in [1.54, 1.807) is 56.7 Å². The predicted octanol–water partition coefficient (Wildman–Crippen LogP) is 10.2. The Labute approximate surface area is 280 Å². The fourth-order valence-electron chi connectivity index (χ4n) is 7.54. The normalized spacial score (nSPS) is 25.9. The first kappa shape index (κ1) is 31.6. The molecule has 5 atom stereocenters. The SMILES string of the molecule is C1=CC([CH-]C2C=Cc3ccccc32)c2ccccc21.[CH2-]CC(C)O.[Zr+2]=[C](C1C=CC2=C1CCCC2)C1C=CC2=C1CCCC2. The molecule has 2 aromatic carbocycles. The molecule has 0 saturated heterocycles. The summed E-state index contributed by atoms with van der Waals surface area (Å²) in [5.41, 5.74) is 12.5. The molecule has 224 valence electrons. The average molecular weight is 658 g/mol. The second kappa shape index (κ2) is 14.8. The van der Waals surface area contributed by atoms with Gasteiger partial charge < -0.3 is 18.5 Å². The van der Waals surface area contributed by atoms with Crippen LogP contribution in [0.25, 0.3) is 12.2 Å². The van der Waals surface area contributed by atoms with Crippen LogP contribution in [0.5, 0.6) is 0 Å². The van der Waals surface area contributed by atoms with Crippen molar-refractivity contribution in [3.05, 3.63) is 143 Å². The summed E-state index contributed by atoms with van der Waals surface area (Å²) in [6, 6.07) is 17.3. The Morgan fingerprint density at radius 1 is 0.727 bits per heavy atom. The maximum absolute atomic E-state index is 8.30. The van der Waals surface area contributed by atoms with Gasteiger partial charge in [0.2, 0.25) is 0 Å². The van der Waals surface area contributed by atoms with E-state index in [0.29, 0.717) is 30.1 Å². The van der Waals surface area contributed by atoms with Gasteiger partial charge in [0.15, 0.2) is 0 Å². The van der Waals surface area contributed by atoms with Crippen LogP contribution < -0.4 is 0 Å². The van der Waals surface area contributed by atoms with Crippen molar-refractivity contribution in [2.24, 2.45) is 11.8 Å². The van der Waals surface area contributed by atoms with Gasteiger partial charge in [0.05, 0.1) is 0 Å². The van der Waals surface area contributed by atoms with Crippen molar-refractivity contribution in [3.63, 3.8) is 0 Å². The second-order valence-electron chi connectivity index (χ2n) is 13.0. The molecule has 0 spiro atoms. The molecule has 8 rings (SSSR count). The molecule has 1 nitrogen and oxygen atoms in total. The van der Waals surface area contributed by atoms with Gasteiger partial charge in [0.1, 0.15) is 0 Å². The molecule has 0 fully saturated rings. The van der Waals surface area contributed by atoms with Crippen molar-refractivity contribution in [2.45, 2.75) is 82.7 Å². The van der Waals surface area contributed by atoms with Crippen LogP contribution in [0, 0.1) is 25.2 Å². The molecule has 2 heteroatoms. The molecule has 0 saturated carbocycles. The number of hydrogen-bond donors (Lipinski definition) is 1. The zero-order valence-electron chi connectivity index (χ0n) is 26.2. The predicted molar refractivity (Wildman–Crippen MR) is 184 cm³/mol. The van der Waals surface area contributed by atoms with Gasteiger partial charge in [0, 0.05) is 6.10 Å². The Hall–Kier alpha value is -2.41. The molecule has 0 aromatic heterocycles. The van der Waals surface area contributed by atoms with Crippen molar-refractivity contribution in [1.29, 1.82) is 0 Å². The molecule has 5 unspecified atom stereocenters. The van der Waals surface area contributed by atoms with E-state index in [0.717, 1.165) is 0 Å². The zero-order valence-corrected chi connectivity index (χ0v) is 28.7. The molecule has 6 aliphatic carbocycles. The van der Waals surface area contributed by atoms with Gasteiger partial charge in [-0.05, 0) is 18.1 Å². The quantitative estimate of drug-likeness (QED) is 0.317. The third-order valence-electron chi connectivity index (χ3n) is 10.0. The van der Waals surface area contributed by atoms with Gasteiger partial charge >= 0.3 is 137 Å². The first-order chi connectivity index (χ1) is 21.5. The molecule has 0 amide bonds. The maximum atomic E-state index is 8.30. The third-order valence-corrected chi connectivity index (χ3v) is 11.5. The number of fused-ring (bicyclic) bond motifs is 2. The van der Waals surface area contributed by atoms with Crippen LogP contribution >= 0.6 is 0 Å². The van der Waals surface area contributed by atoms with Crippen LogP contribution in [0.1, 0.15) is 98.8 Å². The van der Waals surface area contributed by atoms with E-state index in [4.69, 9.17) is 5.11 Å². The van der Waals surface area contributed by atoms with Crippen LogP contribution in [0.4, 0.5) is 0 Å². The van der Waals surface area contributed by atoms with Gasteiger partial charge in [-0.3, -0.25) is 0 Å². The summed E-state index contributed by atoms with van der Waals surface area (Å²) in [6.45, 7) is 5.15. The standard InChI is InChI=1S/C19H22.C19H15.C4H9O.Zr/c2*1-3-7-18-14(5-1)9-11-16(18)13-17-12-10-15-6-2-4-8-19(15)17;1-3-4(2)5;/h9-12,16-17H,1-8H2;1-13,16-17H;4-5H,1,3H2,2H3;/q;2*-1;+2. The van der Waals surface area contributed by atoms with Gasteiger partial charge in [-0.15, -0.1) is 24.0 Å². The summed E-state index contributed by atoms with van der Waals surface area (Å²) in [4.78, 5) is 0. The van der Waals surface area contributed by atoms with Gasteiger partial charge in [0.25, 0.3) is 0 Å². The van der Waals surface area contributed by atoms with Gasteiger partial charge in [-0.25, -0.2) is 0 Å². The topological polar surface area (TPSA) is 20.2 Å². The molecule has 2 aromatic rings. The molecular formula is C42H46OZr. The third kappa shape index (κ3) is 7.03. The number of hydrogen-bond acceptors (Lipinski definition) is 1. The summed E-state index contributed by atoms with van der Waals surface area (Å²) < 4.78 is 1.78. The van der Waals surface area contributed by atoms with E-state index in [1.165, 1.54) is 73.6 Å². The van der Waals surface area contributed by atoms with Crippen LogP contribution in [0.15, 0.2) is 107 Å². The number of aliphatic hydroxyl groups excluding tert-OH is 1. The number of allylic oxidation sites excluding steroid dienone is 10. The molecule has 44 heavy (non-hydrogen) atoms. The summed E-state index contributed by atoms with van der Waals surface area (Å²) in [5.74, 6) is 2.26. The number of benzene rings is 2. The van der Waals surface area contributed by atoms with E-state index >= 15 is 0 Å². The number of aliphatic hydroxyl groups is 1. The van der Waals surface area contributed by atoms with Crippen molar-refractivity contribution in [1.82, 2.24) is 0 Å². The van der Waals surface area contributed by atoms with E-state index < -0.39 is 0 Å². The molecule has 0 aliphatic heterocycles. The summed E-state index contributed by atoms with van der Waals surface area (Å²) in [5, 5.41) is 8.30. The first-order valence-electron chi connectivity index (χ1n) is 16.8. The van der Waals surface area contributed by atoms with Crippen LogP contribution in [-0.4, -0.2) is 14.4 Å². The minimum absolute atomic E-state index is 0.227. The van der Waals surface area contributed by atoms with Crippen molar-refractivity contribution in [2.75, 3.05) is 0 Å². The summed E-state index contributed by atoms with van der Waals surface area (Å²) >= 11 is 1.65. The molecule has 0 radical (unpaired) electrons. The van der Waals surface area contributed by atoms with E-state index in [1.807, 2.05) is 0 Å². The minimum atomic E-state index is -0.227. The fraction of sp³-hybridized carbons (Fsp3) is 0.357. The van der Waals surface area contributed by atoms with Crippen molar-refractivity contribution < 1.29 is 29.3 Å². The van der Waals surface area contributed by atoms with E-state index in [-0.39, 0.29) is 6.10 Å². The Kier molecular flexibility index (Phi) is 10.6. The molecule has 6 aliphatic rings. The second-order valence-corrected chi connectivity index (χ2v) is 14.4. The monoisotopic (exact) mass is 656 g/mol. The fourth-order valence-corrected chi connectivity index (χ4v) is 8.87. The van der Waals surface area contributed by atoms with Crippen molar-refractivity contribution >= 4 is 15.4 Å². The van der Waals surface area contributed by atoms with Crippen LogP contribution in [-0.2, 0) is 24.2 Å². The van der Waals surface area contributed by atoms with Crippen LogP contribution in [0.3, 0.4) is 0 Å². The molecule has 0 bridgehead atoms. The van der Waals surface area contributed by atoms with Gasteiger partial charge in [-0.2, -0.15) is 6.42 Å². The molecule has 0 heterocycles.